The zero-order chi connectivity index (χ0) is 11.8. The van der Waals surface area contributed by atoms with Crippen LogP contribution < -0.4 is 5.73 Å². The van der Waals surface area contributed by atoms with Crippen molar-refractivity contribution < 1.29 is 13.2 Å². The highest BCUT2D eigenvalue weighted by molar-refractivity contribution is 7.90. The highest BCUT2D eigenvalue weighted by atomic mass is 32.2. The number of rotatable bonds is 3. The lowest BCUT2D eigenvalue weighted by molar-refractivity contribution is 0.134. The highest BCUT2D eigenvalue weighted by Gasteiger charge is 2.16. The quantitative estimate of drug-likeness (QED) is 0.848. The van der Waals surface area contributed by atoms with E-state index in [2.05, 4.69) is 0 Å². The fourth-order valence-corrected chi connectivity index (χ4v) is 2.69. The van der Waals surface area contributed by atoms with Crippen molar-refractivity contribution in [3.8, 4) is 0 Å². The molecule has 0 fully saturated rings. The number of hydrogen-bond acceptors (Lipinski definition) is 4. The predicted octanol–water partition coefficient (Wildman–Crippen LogP) is 0.761. The van der Waals surface area contributed by atoms with Gasteiger partial charge in [-0.15, -0.1) is 0 Å². The van der Waals surface area contributed by atoms with Crippen molar-refractivity contribution in [1.82, 2.24) is 0 Å². The van der Waals surface area contributed by atoms with Gasteiger partial charge >= 0.3 is 0 Å². The van der Waals surface area contributed by atoms with E-state index in [-0.39, 0.29) is 5.75 Å². The van der Waals surface area contributed by atoms with Gasteiger partial charge in [-0.25, -0.2) is 8.42 Å². The van der Waals surface area contributed by atoms with Crippen LogP contribution in [0.1, 0.15) is 22.7 Å². The normalized spacial score (nSPS) is 17.1. The van der Waals surface area contributed by atoms with Gasteiger partial charge in [0.1, 0.15) is 9.84 Å². The van der Waals surface area contributed by atoms with E-state index in [0.717, 1.165) is 16.7 Å². The Morgan fingerprint density at radius 3 is 2.75 bits per heavy atom. The molecule has 0 bridgehead atoms. The molecule has 1 aliphatic heterocycles. The molecular formula is C11H15NO3S. The lowest BCUT2D eigenvalue weighted by atomic mass is 10.0. The molecule has 2 rings (SSSR count). The van der Waals surface area contributed by atoms with Gasteiger partial charge in [0.05, 0.1) is 19.0 Å². The van der Waals surface area contributed by atoms with Crippen LogP contribution in [0, 0.1) is 0 Å². The van der Waals surface area contributed by atoms with Gasteiger partial charge < -0.3 is 10.5 Å². The summed E-state index contributed by atoms with van der Waals surface area (Å²) in [4.78, 5) is 0. The van der Waals surface area contributed by atoms with E-state index < -0.39 is 15.9 Å². The first-order chi connectivity index (χ1) is 7.46. The molecule has 1 unspecified atom stereocenters. The minimum atomic E-state index is -3.04. The molecule has 16 heavy (non-hydrogen) atoms. The van der Waals surface area contributed by atoms with Crippen LogP contribution in [0.5, 0.6) is 0 Å². The minimum absolute atomic E-state index is 0.0212. The molecule has 0 aromatic heterocycles. The van der Waals surface area contributed by atoms with Crippen LogP contribution in [0.2, 0.25) is 0 Å². The summed E-state index contributed by atoms with van der Waals surface area (Å²) in [5.74, 6) is -0.0212. The van der Waals surface area contributed by atoms with E-state index in [1.165, 1.54) is 6.26 Å². The van der Waals surface area contributed by atoms with Crippen LogP contribution in [0.4, 0.5) is 0 Å². The molecule has 1 aromatic carbocycles. The molecule has 0 radical (unpaired) electrons. The molecule has 0 spiro atoms. The van der Waals surface area contributed by atoms with Gasteiger partial charge in [-0.3, -0.25) is 0 Å². The number of hydrogen-bond donors (Lipinski definition) is 1. The van der Waals surface area contributed by atoms with E-state index >= 15 is 0 Å². The number of fused-ring (bicyclic) bond motifs is 1. The smallest absolute Gasteiger partial charge is 0.149 e. The molecule has 4 nitrogen and oxygen atoms in total. The first-order valence-corrected chi connectivity index (χ1v) is 7.14. The summed E-state index contributed by atoms with van der Waals surface area (Å²) in [7, 11) is -3.04. The van der Waals surface area contributed by atoms with Crippen molar-refractivity contribution in [1.29, 1.82) is 0 Å². The molecule has 0 saturated heterocycles. The summed E-state index contributed by atoms with van der Waals surface area (Å²) in [5, 5.41) is 0. The van der Waals surface area contributed by atoms with Gasteiger partial charge in [0.2, 0.25) is 0 Å². The molecule has 0 aliphatic carbocycles. The average Bonchev–Trinajstić information content (AvgIpc) is 2.61. The number of ether oxygens (including phenoxy) is 1. The second kappa shape index (κ2) is 4.16. The second-order valence-corrected chi connectivity index (χ2v) is 6.40. The maximum Gasteiger partial charge on any atom is 0.149 e. The predicted molar refractivity (Wildman–Crippen MR) is 61.6 cm³/mol. The summed E-state index contributed by atoms with van der Waals surface area (Å²) in [6, 6.07) is 5.32. The Labute approximate surface area is 95.3 Å². The van der Waals surface area contributed by atoms with Gasteiger partial charge in [-0.1, -0.05) is 18.2 Å². The van der Waals surface area contributed by atoms with Crippen molar-refractivity contribution in [3.05, 3.63) is 34.9 Å². The fraction of sp³-hybridized carbons (Fsp3) is 0.455. The third-order valence-electron chi connectivity index (χ3n) is 2.66. The Morgan fingerprint density at radius 2 is 2.06 bits per heavy atom. The van der Waals surface area contributed by atoms with Gasteiger partial charge in [0.25, 0.3) is 0 Å². The third-order valence-corrected chi connectivity index (χ3v) is 3.62. The number of nitrogens with two attached hydrogens (primary N) is 1. The maximum atomic E-state index is 11.1. The monoisotopic (exact) mass is 241 g/mol. The highest BCUT2D eigenvalue weighted by Crippen LogP contribution is 2.23. The summed E-state index contributed by atoms with van der Waals surface area (Å²) >= 11 is 0. The topological polar surface area (TPSA) is 69.4 Å². The Morgan fingerprint density at radius 1 is 1.38 bits per heavy atom. The molecule has 2 N–H and O–H groups in total. The van der Waals surface area contributed by atoms with E-state index in [1.54, 1.807) is 0 Å². The second-order valence-electron chi connectivity index (χ2n) is 4.22. The Kier molecular flexibility index (Phi) is 3.01. The molecule has 1 aromatic rings. The minimum Gasteiger partial charge on any atom is -0.372 e. The number of sulfone groups is 1. The Balaban J connectivity index is 2.21. The van der Waals surface area contributed by atoms with Gasteiger partial charge in [0.15, 0.2) is 0 Å². The molecular weight excluding hydrogens is 226 g/mol. The summed E-state index contributed by atoms with van der Waals surface area (Å²) in [6.45, 7) is 1.23. The third kappa shape index (κ3) is 2.61. The van der Waals surface area contributed by atoms with Crippen LogP contribution >= 0.6 is 0 Å². The summed E-state index contributed by atoms with van der Waals surface area (Å²) in [5.41, 5.74) is 8.99. The first kappa shape index (κ1) is 11.6. The maximum absolute atomic E-state index is 11.1. The first-order valence-electron chi connectivity index (χ1n) is 5.08. The molecule has 1 heterocycles. The van der Waals surface area contributed by atoms with Crippen LogP contribution in [-0.2, 0) is 27.8 Å². The molecule has 88 valence electrons. The van der Waals surface area contributed by atoms with Crippen molar-refractivity contribution in [2.75, 3.05) is 12.0 Å². The Hall–Kier alpha value is -0.910. The summed E-state index contributed by atoms with van der Waals surface area (Å²) in [6.07, 6.45) is 1.20. The summed E-state index contributed by atoms with van der Waals surface area (Å²) < 4.78 is 27.6. The molecule has 1 atom stereocenters. The fourth-order valence-electron chi connectivity index (χ4n) is 1.84. The van der Waals surface area contributed by atoms with E-state index in [9.17, 15) is 8.42 Å². The molecule has 0 amide bonds. The number of benzene rings is 1. The van der Waals surface area contributed by atoms with E-state index in [1.807, 2.05) is 18.2 Å². The van der Waals surface area contributed by atoms with Crippen molar-refractivity contribution in [2.24, 2.45) is 5.73 Å². The van der Waals surface area contributed by atoms with Gasteiger partial charge in [-0.05, 0) is 16.7 Å². The van der Waals surface area contributed by atoms with Crippen LogP contribution in [0.25, 0.3) is 0 Å². The van der Waals surface area contributed by atoms with Crippen LogP contribution in [-0.4, -0.2) is 20.4 Å². The molecule has 1 aliphatic rings. The SMILES string of the molecule is CS(=O)(=O)CC(N)c1ccc2c(c1)COC2. The lowest BCUT2D eigenvalue weighted by Crippen LogP contribution is -2.20. The van der Waals surface area contributed by atoms with Gasteiger partial charge in [-0.2, -0.15) is 0 Å². The zero-order valence-electron chi connectivity index (χ0n) is 9.14. The van der Waals surface area contributed by atoms with E-state index in [4.69, 9.17) is 10.5 Å². The van der Waals surface area contributed by atoms with Crippen molar-refractivity contribution in [3.63, 3.8) is 0 Å². The molecule has 0 saturated carbocycles. The van der Waals surface area contributed by atoms with Crippen LogP contribution in [0.3, 0.4) is 0 Å². The zero-order valence-corrected chi connectivity index (χ0v) is 9.96. The lowest BCUT2D eigenvalue weighted by Gasteiger charge is -2.11. The largest absolute Gasteiger partial charge is 0.372 e. The van der Waals surface area contributed by atoms with Crippen LogP contribution in [0.15, 0.2) is 18.2 Å². The van der Waals surface area contributed by atoms with Crippen molar-refractivity contribution in [2.45, 2.75) is 19.3 Å². The average molecular weight is 241 g/mol. The molecule has 5 heteroatoms. The Bertz CT molecular complexity index is 496. The standard InChI is InChI=1S/C11H15NO3S/c1-16(13,14)7-11(12)8-2-3-9-5-15-6-10(9)4-8/h2-4,11H,5-7,12H2,1H3. The van der Waals surface area contributed by atoms with Crippen molar-refractivity contribution >= 4 is 9.84 Å². The van der Waals surface area contributed by atoms with E-state index in [0.29, 0.717) is 13.2 Å². The van der Waals surface area contributed by atoms with Gasteiger partial charge in [0, 0.05) is 12.3 Å².